The first-order chi connectivity index (χ1) is 12.5. The first-order valence-corrected chi connectivity index (χ1v) is 9.01. The average molecular weight is 351 g/mol. The number of para-hydroxylation sites is 1. The SMILES string of the molecule is CCC(C)c1ccccc1NC(=O)C(C)Nc1ccc2oc(C)nc2c1. The molecule has 2 unspecified atom stereocenters. The molecule has 0 saturated heterocycles. The number of oxazole rings is 1. The van der Waals surface area contributed by atoms with Gasteiger partial charge in [0.1, 0.15) is 11.6 Å². The summed E-state index contributed by atoms with van der Waals surface area (Å²) >= 11 is 0. The lowest BCUT2D eigenvalue weighted by Gasteiger charge is -2.19. The van der Waals surface area contributed by atoms with Crippen molar-refractivity contribution in [3.63, 3.8) is 0 Å². The Morgan fingerprint density at radius 2 is 1.96 bits per heavy atom. The highest BCUT2D eigenvalue weighted by atomic mass is 16.3. The van der Waals surface area contributed by atoms with Crippen LogP contribution >= 0.6 is 0 Å². The molecule has 0 saturated carbocycles. The average Bonchev–Trinajstić information content (AvgIpc) is 3.00. The standard InChI is InChI=1S/C21H25N3O2/c1-5-13(2)17-8-6-7-9-18(17)24-21(25)14(3)22-16-10-11-20-19(12-16)23-15(4)26-20/h6-14,22H,5H2,1-4H3,(H,24,25). The molecular weight excluding hydrogens is 326 g/mol. The number of nitrogens with zero attached hydrogens (tertiary/aromatic N) is 1. The van der Waals surface area contributed by atoms with Gasteiger partial charge in [-0.15, -0.1) is 0 Å². The van der Waals surface area contributed by atoms with E-state index in [9.17, 15) is 4.79 Å². The number of hydrogen-bond acceptors (Lipinski definition) is 4. The maximum absolute atomic E-state index is 12.6. The third kappa shape index (κ3) is 3.87. The lowest BCUT2D eigenvalue weighted by molar-refractivity contribution is -0.116. The molecule has 0 radical (unpaired) electrons. The highest BCUT2D eigenvalue weighted by molar-refractivity contribution is 5.97. The number of rotatable bonds is 6. The minimum Gasteiger partial charge on any atom is -0.441 e. The van der Waals surface area contributed by atoms with Gasteiger partial charge in [0, 0.05) is 18.3 Å². The Hall–Kier alpha value is -2.82. The second-order valence-electron chi connectivity index (χ2n) is 6.67. The zero-order valence-corrected chi connectivity index (χ0v) is 15.7. The lowest BCUT2D eigenvalue weighted by atomic mass is 9.97. The van der Waals surface area contributed by atoms with Gasteiger partial charge in [0.15, 0.2) is 11.5 Å². The Morgan fingerprint density at radius 1 is 1.19 bits per heavy atom. The molecule has 136 valence electrons. The van der Waals surface area contributed by atoms with Crippen LogP contribution in [0.3, 0.4) is 0 Å². The number of carbonyl (C=O) groups is 1. The monoisotopic (exact) mass is 351 g/mol. The molecule has 0 aliphatic heterocycles. The van der Waals surface area contributed by atoms with Crippen molar-refractivity contribution in [2.24, 2.45) is 0 Å². The van der Waals surface area contributed by atoms with Crippen molar-refractivity contribution in [1.29, 1.82) is 0 Å². The molecule has 0 aliphatic carbocycles. The van der Waals surface area contributed by atoms with Crippen LogP contribution in [0.25, 0.3) is 11.1 Å². The van der Waals surface area contributed by atoms with Crippen molar-refractivity contribution in [3.8, 4) is 0 Å². The van der Waals surface area contributed by atoms with E-state index in [1.165, 1.54) is 0 Å². The molecule has 5 heteroatoms. The van der Waals surface area contributed by atoms with Crippen molar-refractivity contribution in [2.45, 2.75) is 46.1 Å². The molecule has 26 heavy (non-hydrogen) atoms. The number of amides is 1. The fourth-order valence-electron chi connectivity index (χ4n) is 2.95. The van der Waals surface area contributed by atoms with Gasteiger partial charge in [-0.1, -0.05) is 32.0 Å². The van der Waals surface area contributed by atoms with Gasteiger partial charge in [0.25, 0.3) is 0 Å². The Bertz CT molecular complexity index is 917. The molecule has 2 N–H and O–H groups in total. The lowest BCUT2D eigenvalue weighted by Crippen LogP contribution is -2.32. The first kappa shape index (κ1) is 18.0. The number of benzene rings is 2. The summed E-state index contributed by atoms with van der Waals surface area (Å²) in [6.07, 6.45) is 1.03. The Morgan fingerprint density at radius 3 is 2.73 bits per heavy atom. The fourth-order valence-corrected chi connectivity index (χ4v) is 2.95. The molecule has 0 bridgehead atoms. The Balaban J connectivity index is 1.71. The van der Waals surface area contributed by atoms with E-state index in [1.807, 2.05) is 50.2 Å². The van der Waals surface area contributed by atoms with Crippen LogP contribution in [-0.2, 0) is 4.79 Å². The van der Waals surface area contributed by atoms with E-state index in [0.717, 1.165) is 34.5 Å². The summed E-state index contributed by atoms with van der Waals surface area (Å²) < 4.78 is 5.48. The molecule has 1 amide bonds. The number of carbonyl (C=O) groups excluding carboxylic acids is 1. The van der Waals surface area contributed by atoms with E-state index in [4.69, 9.17) is 4.42 Å². The molecule has 0 spiro atoms. The van der Waals surface area contributed by atoms with Gasteiger partial charge >= 0.3 is 0 Å². The van der Waals surface area contributed by atoms with Gasteiger partial charge in [-0.25, -0.2) is 4.98 Å². The number of nitrogens with one attached hydrogen (secondary N) is 2. The molecule has 0 fully saturated rings. The van der Waals surface area contributed by atoms with Crippen molar-refractivity contribution in [3.05, 3.63) is 53.9 Å². The van der Waals surface area contributed by atoms with Gasteiger partial charge in [-0.2, -0.15) is 0 Å². The van der Waals surface area contributed by atoms with E-state index in [1.54, 1.807) is 0 Å². The number of aromatic nitrogens is 1. The van der Waals surface area contributed by atoms with Crippen LogP contribution < -0.4 is 10.6 Å². The molecule has 1 heterocycles. The predicted molar refractivity (Wildman–Crippen MR) is 106 cm³/mol. The fraction of sp³-hybridized carbons (Fsp3) is 0.333. The van der Waals surface area contributed by atoms with E-state index in [2.05, 4.69) is 35.5 Å². The van der Waals surface area contributed by atoms with Crippen molar-refractivity contribution >= 4 is 28.4 Å². The van der Waals surface area contributed by atoms with Crippen LogP contribution in [0, 0.1) is 6.92 Å². The highest BCUT2D eigenvalue weighted by Crippen LogP contribution is 2.27. The highest BCUT2D eigenvalue weighted by Gasteiger charge is 2.16. The number of hydrogen-bond donors (Lipinski definition) is 2. The third-order valence-corrected chi connectivity index (χ3v) is 4.63. The van der Waals surface area contributed by atoms with E-state index in [-0.39, 0.29) is 11.9 Å². The van der Waals surface area contributed by atoms with Crippen LogP contribution in [0.2, 0.25) is 0 Å². The van der Waals surface area contributed by atoms with Crippen LogP contribution in [0.15, 0.2) is 46.9 Å². The minimum absolute atomic E-state index is 0.0721. The third-order valence-electron chi connectivity index (χ3n) is 4.63. The molecule has 2 atom stereocenters. The largest absolute Gasteiger partial charge is 0.441 e. The van der Waals surface area contributed by atoms with Gasteiger partial charge in [-0.3, -0.25) is 4.79 Å². The molecule has 5 nitrogen and oxygen atoms in total. The minimum atomic E-state index is -0.384. The molecule has 0 aliphatic rings. The van der Waals surface area contributed by atoms with E-state index in [0.29, 0.717) is 11.8 Å². The van der Waals surface area contributed by atoms with Gasteiger partial charge in [0.05, 0.1) is 0 Å². The quantitative estimate of drug-likeness (QED) is 0.649. The summed E-state index contributed by atoms with van der Waals surface area (Å²) in [5, 5.41) is 6.28. The summed E-state index contributed by atoms with van der Waals surface area (Å²) in [7, 11) is 0. The smallest absolute Gasteiger partial charge is 0.246 e. The van der Waals surface area contributed by atoms with Crippen LogP contribution in [0.4, 0.5) is 11.4 Å². The summed E-state index contributed by atoms with van der Waals surface area (Å²) in [4.78, 5) is 17.0. The molecule has 1 aromatic heterocycles. The first-order valence-electron chi connectivity index (χ1n) is 9.01. The van der Waals surface area contributed by atoms with Crippen LogP contribution in [-0.4, -0.2) is 16.9 Å². The van der Waals surface area contributed by atoms with Gasteiger partial charge < -0.3 is 15.1 Å². The van der Waals surface area contributed by atoms with Gasteiger partial charge in [0.2, 0.25) is 5.91 Å². The maximum atomic E-state index is 12.6. The second kappa shape index (κ2) is 7.60. The Kier molecular flexibility index (Phi) is 5.26. The summed E-state index contributed by atoms with van der Waals surface area (Å²) in [5.41, 5.74) is 4.40. The summed E-state index contributed by atoms with van der Waals surface area (Å²) in [6.45, 7) is 7.98. The Labute approximate surface area is 153 Å². The van der Waals surface area contributed by atoms with Gasteiger partial charge in [-0.05, 0) is 49.1 Å². The molecular formula is C21H25N3O2. The summed E-state index contributed by atoms with van der Waals surface area (Å²) in [5.74, 6) is 0.953. The molecule has 2 aromatic carbocycles. The summed E-state index contributed by atoms with van der Waals surface area (Å²) in [6, 6.07) is 13.2. The normalized spacial score (nSPS) is 13.4. The maximum Gasteiger partial charge on any atom is 0.246 e. The molecule has 3 aromatic rings. The number of anilines is 2. The van der Waals surface area contributed by atoms with Crippen molar-refractivity contribution in [2.75, 3.05) is 10.6 Å². The van der Waals surface area contributed by atoms with E-state index < -0.39 is 0 Å². The number of aryl methyl sites for hydroxylation is 1. The van der Waals surface area contributed by atoms with Crippen LogP contribution in [0.5, 0.6) is 0 Å². The van der Waals surface area contributed by atoms with Crippen LogP contribution in [0.1, 0.15) is 44.6 Å². The molecule has 3 rings (SSSR count). The zero-order valence-electron chi connectivity index (χ0n) is 15.7. The second-order valence-corrected chi connectivity index (χ2v) is 6.67. The van der Waals surface area contributed by atoms with E-state index >= 15 is 0 Å². The predicted octanol–water partition coefficient (Wildman–Crippen LogP) is 5.09. The topological polar surface area (TPSA) is 67.2 Å². The van der Waals surface area contributed by atoms with Crippen molar-refractivity contribution < 1.29 is 9.21 Å². The number of fused-ring (bicyclic) bond motifs is 1. The van der Waals surface area contributed by atoms with Crippen molar-refractivity contribution in [1.82, 2.24) is 4.98 Å². The zero-order chi connectivity index (χ0) is 18.7.